The van der Waals surface area contributed by atoms with Crippen molar-refractivity contribution in [2.75, 3.05) is 24.3 Å². The zero-order valence-corrected chi connectivity index (χ0v) is 6.94. The predicted molar refractivity (Wildman–Crippen MR) is 47.8 cm³/mol. The van der Waals surface area contributed by atoms with Crippen molar-refractivity contribution >= 4 is 23.7 Å². The Labute approximate surface area is 70.2 Å². The van der Waals surface area contributed by atoms with Crippen LogP contribution in [-0.2, 0) is 0 Å². The maximum absolute atomic E-state index is 4.12. The number of aromatic nitrogens is 2. The third-order valence-electron chi connectivity index (χ3n) is 1.63. The Morgan fingerprint density at radius 2 is 2.25 bits per heavy atom. The molecular weight excluding hydrogens is 154 g/mol. The summed E-state index contributed by atoms with van der Waals surface area (Å²) >= 11 is 0. The van der Waals surface area contributed by atoms with E-state index >= 15 is 0 Å². The third-order valence-corrected chi connectivity index (χ3v) is 1.63. The second kappa shape index (κ2) is 2.44. The summed E-state index contributed by atoms with van der Waals surface area (Å²) in [6, 6.07) is 0. The lowest BCUT2D eigenvalue weighted by molar-refractivity contribution is 1.04. The van der Waals surface area contributed by atoms with E-state index in [0.29, 0.717) is 5.82 Å². The molecule has 1 aliphatic heterocycles. The Kier molecular flexibility index (Phi) is 1.43. The normalized spacial score (nSPS) is 12.5. The van der Waals surface area contributed by atoms with Gasteiger partial charge in [-0.3, -0.25) is 5.32 Å². The van der Waals surface area contributed by atoms with Crippen molar-refractivity contribution < 1.29 is 0 Å². The minimum Gasteiger partial charge on any atom is -0.360 e. The highest BCUT2D eigenvalue weighted by Crippen LogP contribution is 2.28. The number of hydrogen-bond donors (Lipinski definition) is 1. The topological polar surface area (TPSA) is 55.2 Å². The van der Waals surface area contributed by atoms with Gasteiger partial charge >= 0.3 is 5.82 Å². The zero-order chi connectivity index (χ0) is 8.55. The summed E-state index contributed by atoms with van der Waals surface area (Å²) in [6.07, 6.45) is 3.13. The number of anilines is 2. The van der Waals surface area contributed by atoms with Crippen LogP contribution in [0.25, 0.3) is 0 Å². The van der Waals surface area contributed by atoms with Crippen LogP contribution in [0, 0.1) is 0 Å². The molecular formula is C7H9N5+. The van der Waals surface area contributed by atoms with Crippen LogP contribution in [-0.4, -0.2) is 30.4 Å². The highest BCUT2D eigenvalue weighted by atomic mass is 15.2. The second-order valence-corrected chi connectivity index (χ2v) is 2.69. The summed E-state index contributed by atoms with van der Waals surface area (Å²) in [4.78, 5) is 14.1. The molecule has 0 bridgehead atoms. The van der Waals surface area contributed by atoms with Gasteiger partial charge in [0.15, 0.2) is 12.1 Å². The summed E-state index contributed by atoms with van der Waals surface area (Å²) in [5.74, 6) is 1.56. The van der Waals surface area contributed by atoms with Crippen molar-refractivity contribution in [3.05, 3.63) is 6.33 Å². The van der Waals surface area contributed by atoms with Gasteiger partial charge in [0.05, 0.1) is 0 Å². The van der Waals surface area contributed by atoms with Crippen molar-refractivity contribution in [1.82, 2.24) is 15.0 Å². The second-order valence-electron chi connectivity index (χ2n) is 2.69. The maximum atomic E-state index is 4.12. The Balaban J connectivity index is 2.53. The molecule has 1 N–H and O–H groups in total. The molecule has 0 saturated heterocycles. The summed E-state index contributed by atoms with van der Waals surface area (Å²) in [5, 5.41) is 2.99. The lowest BCUT2D eigenvalue weighted by Gasteiger charge is -2.10. The van der Waals surface area contributed by atoms with Gasteiger partial charge < -0.3 is 4.90 Å². The molecule has 12 heavy (non-hydrogen) atoms. The van der Waals surface area contributed by atoms with Gasteiger partial charge in [-0.25, -0.2) is 0 Å². The number of fused-ring (bicyclic) bond motifs is 1. The van der Waals surface area contributed by atoms with Gasteiger partial charge in [-0.05, 0) is 0 Å². The third kappa shape index (κ3) is 0.903. The van der Waals surface area contributed by atoms with E-state index in [9.17, 15) is 0 Å². The lowest BCUT2D eigenvalue weighted by Crippen LogP contribution is -2.12. The average molecular weight is 163 g/mol. The Hall–Kier alpha value is -1.65. The van der Waals surface area contributed by atoms with Crippen LogP contribution >= 0.6 is 0 Å². The molecule has 1 aromatic rings. The van der Waals surface area contributed by atoms with E-state index in [-0.39, 0.29) is 0 Å². The van der Waals surface area contributed by atoms with Crippen molar-refractivity contribution in [2.24, 2.45) is 0 Å². The van der Waals surface area contributed by atoms with Crippen LogP contribution in [0.15, 0.2) is 6.33 Å². The predicted octanol–water partition coefficient (Wildman–Crippen LogP) is -0.0363. The fourth-order valence-electron chi connectivity index (χ4n) is 1.09. The average Bonchev–Trinajstić information content (AvgIpc) is 2.49. The molecule has 1 radical (unpaired) electrons. The van der Waals surface area contributed by atoms with E-state index in [2.05, 4.69) is 20.3 Å². The van der Waals surface area contributed by atoms with E-state index in [4.69, 9.17) is 0 Å². The minimum absolute atomic E-state index is 0.703. The first-order valence-electron chi connectivity index (χ1n) is 3.60. The standard InChI is InChI=1S/C7H9N5/c1-12(2)7-5-6(9-3-8-5)10-4-11-7/h3-4,8H,1-2H3/q+1. The van der Waals surface area contributed by atoms with Crippen LogP contribution in [0.5, 0.6) is 0 Å². The molecule has 0 fully saturated rings. The van der Waals surface area contributed by atoms with Crippen molar-refractivity contribution in [2.45, 2.75) is 0 Å². The molecule has 2 rings (SSSR count). The molecule has 1 aliphatic rings. The molecule has 0 aliphatic carbocycles. The van der Waals surface area contributed by atoms with Gasteiger partial charge in [0.2, 0.25) is 12.0 Å². The molecule has 0 saturated carbocycles. The Bertz CT molecular complexity index is 331. The molecule has 5 nitrogen and oxygen atoms in total. The van der Waals surface area contributed by atoms with Gasteiger partial charge in [-0.1, -0.05) is 9.98 Å². The van der Waals surface area contributed by atoms with E-state index < -0.39 is 0 Å². The van der Waals surface area contributed by atoms with Gasteiger partial charge in [0, 0.05) is 14.1 Å². The summed E-state index contributed by atoms with van der Waals surface area (Å²) < 4.78 is 0. The molecule has 0 unspecified atom stereocenters. The van der Waals surface area contributed by atoms with E-state index in [1.165, 1.54) is 6.33 Å². The largest absolute Gasteiger partial charge is 0.360 e. The molecule has 0 amide bonds. The zero-order valence-electron chi connectivity index (χ0n) is 6.94. The first kappa shape index (κ1) is 7.02. The van der Waals surface area contributed by atoms with Gasteiger partial charge in [-0.2, -0.15) is 4.98 Å². The Morgan fingerprint density at radius 1 is 1.42 bits per heavy atom. The summed E-state index contributed by atoms with van der Waals surface area (Å²) in [7, 11) is 3.87. The Morgan fingerprint density at radius 3 is 3.00 bits per heavy atom. The molecule has 5 heteroatoms. The molecule has 0 aromatic carbocycles. The molecule has 1 aromatic heterocycles. The van der Waals surface area contributed by atoms with Crippen LogP contribution in [0.4, 0.5) is 17.3 Å². The number of rotatable bonds is 1. The number of nitrogens with zero attached hydrogens (tertiary/aromatic N) is 4. The van der Waals surface area contributed by atoms with Crippen LogP contribution in [0.3, 0.4) is 0 Å². The fourth-order valence-corrected chi connectivity index (χ4v) is 1.09. The van der Waals surface area contributed by atoms with Crippen LogP contribution in [0.1, 0.15) is 0 Å². The minimum atomic E-state index is 0.703. The van der Waals surface area contributed by atoms with Crippen molar-refractivity contribution in [3.63, 3.8) is 0 Å². The van der Waals surface area contributed by atoms with Gasteiger partial charge in [0.1, 0.15) is 0 Å². The van der Waals surface area contributed by atoms with Gasteiger partial charge in [-0.15, -0.1) is 0 Å². The SMILES string of the molecule is CN(C)c1ncnc2c1NC=[N+]2. The van der Waals surface area contributed by atoms with Gasteiger partial charge in [0.25, 0.3) is 0 Å². The van der Waals surface area contributed by atoms with Crippen LogP contribution in [0.2, 0.25) is 0 Å². The lowest BCUT2D eigenvalue weighted by atomic mass is 10.4. The highest BCUT2D eigenvalue weighted by molar-refractivity contribution is 5.93. The smallest absolute Gasteiger partial charge is 0.341 e. The maximum Gasteiger partial charge on any atom is 0.341 e. The van der Waals surface area contributed by atoms with Crippen molar-refractivity contribution in [1.29, 1.82) is 0 Å². The van der Waals surface area contributed by atoms with E-state index in [1.807, 2.05) is 19.0 Å². The number of nitrogens with one attached hydrogen (secondary N) is 1. The molecule has 2 heterocycles. The van der Waals surface area contributed by atoms with E-state index in [0.717, 1.165) is 11.5 Å². The van der Waals surface area contributed by atoms with Crippen molar-refractivity contribution in [3.8, 4) is 0 Å². The number of hydrogen-bond acceptors (Lipinski definition) is 5. The quantitative estimate of drug-likeness (QED) is 0.631. The molecule has 0 spiro atoms. The summed E-state index contributed by atoms with van der Waals surface area (Å²) in [6.45, 7) is 0. The fraction of sp³-hybridized carbons (Fsp3) is 0.286. The number of aliphatic imine (C=N–C) groups is 1. The molecule has 61 valence electrons. The highest BCUT2D eigenvalue weighted by Gasteiger charge is 2.22. The van der Waals surface area contributed by atoms with Crippen LogP contribution < -0.4 is 15.2 Å². The summed E-state index contributed by atoms with van der Waals surface area (Å²) in [5.41, 5.74) is 0.877. The van der Waals surface area contributed by atoms with E-state index in [1.54, 1.807) is 6.34 Å². The first-order valence-corrected chi connectivity index (χ1v) is 3.60. The first-order chi connectivity index (χ1) is 5.79. The monoisotopic (exact) mass is 163 g/mol. The molecule has 0 atom stereocenters.